The molecule has 0 spiro atoms. The summed E-state index contributed by atoms with van der Waals surface area (Å²) in [5.41, 5.74) is 5.96. The lowest BCUT2D eigenvalue weighted by atomic mass is 9.90. The number of carbonyl (C=O) groups is 1. The number of aliphatic carboxylic acids is 1. The zero-order valence-corrected chi connectivity index (χ0v) is 23.9. The lowest BCUT2D eigenvalue weighted by Crippen LogP contribution is -2.37. The molecule has 0 aliphatic heterocycles. The van der Waals surface area contributed by atoms with Crippen molar-refractivity contribution >= 4 is 5.97 Å². The Labute approximate surface area is 239 Å². The van der Waals surface area contributed by atoms with Crippen molar-refractivity contribution in [2.45, 2.75) is 58.1 Å². The van der Waals surface area contributed by atoms with Gasteiger partial charge >= 0.3 is 5.97 Å². The minimum absolute atomic E-state index is 0.0116. The van der Waals surface area contributed by atoms with E-state index in [2.05, 4.69) is 111 Å². The number of carboxylic acids is 1. The van der Waals surface area contributed by atoms with E-state index in [0.717, 1.165) is 37.4 Å². The third kappa shape index (κ3) is 8.56. The van der Waals surface area contributed by atoms with Gasteiger partial charge < -0.3 is 9.84 Å². The molecular formula is C36H41NO3. The van der Waals surface area contributed by atoms with Crippen LogP contribution in [-0.4, -0.2) is 35.2 Å². The molecule has 0 amide bonds. The normalized spacial score (nSPS) is 12.2. The van der Waals surface area contributed by atoms with Crippen LogP contribution in [0.3, 0.4) is 0 Å². The molecule has 0 saturated carbocycles. The second-order valence-corrected chi connectivity index (χ2v) is 10.8. The van der Waals surface area contributed by atoms with E-state index in [0.29, 0.717) is 5.92 Å². The van der Waals surface area contributed by atoms with E-state index in [1.165, 1.54) is 22.3 Å². The number of rotatable bonds is 14. The van der Waals surface area contributed by atoms with Crippen LogP contribution in [0.2, 0.25) is 0 Å². The first-order valence-electron chi connectivity index (χ1n) is 14.3. The topological polar surface area (TPSA) is 49.8 Å². The van der Waals surface area contributed by atoms with Crippen molar-refractivity contribution < 1.29 is 14.6 Å². The summed E-state index contributed by atoms with van der Waals surface area (Å²) in [7, 11) is 0. The Bertz CT molecular complexity index is 1280. The summed E-state index contributed by atoms with van der Waals surface area (Å²) < 4.78 is 6.46. The lowest BCUT2D eigenvalue weighted by molar-refractivity contribution is -0.136. The first-order chi connectivity index (χ1) is 19.4. The molecule has 4 rings (SSSR count). The van der Waals surface area contributed by atoms with Gasteiger partial charge in [0, 0.05) is 25.6 Å². The zero-order chi connectivity index (χ0) is 28.3. The van der Waals surface area contributed by atoms with E-state index < -0.39 is 5.97 Å². The van der Waals surface area contributed by atoms with Gasteiger partial charge in [-0.15, -0.1) is 0 Å². The maximum absolute atomic E-state index is 11.2. The molecule has 4 heteroatoms. The molecule has 40 heavy (non-hydrogen) atoms. The highest BCUT2D eigenvalue weighted by atomic mass is 16.5. The maximum atomic E-state index is 11.2. The summed E-state index contributed by atoms with van der Waals surface area (Å²) in [6.07, 6.45) is 0.789. The predicted molar refractivity (Wildman–Crippen MR) is 163 cm³/mol. The van der Waals surface area contributed by atoms with Crippen molar-refractivity contribution in [3.63, 3.8) is 0 Å². The van der Waals surface area contributed by atoms with E-state index in [1.54, 1.807) is 0 Å². The fourth-order valence-corrected chi connectivity index (χ4v) is 5.14. The summed E-state index contributed by atoms with van der Waals surface area (Å²) in [5.74, 6) is 0.593. The van der Waals surface area contributed by atoms with Crippen LogP contribution < -0.4 is 4.74 Å². The largest absolute Gasteiger partial charge is 0.489 e. The predicted octanol–water partition coefficient (Wildman–Crippen LogP) is 7.93. The fourth-order valence-electron chi connectivity index (χ4n) is 5.14. The van der Waals surface area contributed by atoms with Crippen LogP contribution in [0.1, 0.15) is 66.8 Å². The summed E-state index contributed by atoms with van der Waals surface area (Å²) in [4.78, 5) is 13.7. The van der Waals surface area contributed by atoms with E-state index in [-0.39, 0.29) is 18.4 Å². The Kier molecular flexibility index (Phi) is 10.5. The van der Waals surface area contributed by atoms with Crippen LogP contribution in [0.4, 0.5) is 0 Å². The van der Waals surface area contributed by atoms with E-state index in [9.17, 15) is 9.90 Å². The zero-order valence-electron chi connectivity index (χ0n) is 23.9. The van der Waals surface area contributed by atoms with Crippen molar-refractivity contribution in [3.8, 4) is 5.75 Å². The molecule has 0 fully saturated rings. The Morgan fingerprint density at radius 2 is 1.38 bits per heavy atom. The standard InChI is InChI=1S/C36H41NO3/c1-4-33(40-34-17-11-12-29(22-34)23-36(38)39)25-37(24-28-18-20-30(21-19-28)27(2)3)26-35(31-13-7-5-8-14-31)32-15-9-6-10-16-32/h5-22,27,33,35H,4,23-26H2,1-3H3,(H,38,39)/t33-/m1/s1. The second kappa shape index (κ2) is 14.5. The number of carboxylic acid groups (broad SMARTS) is 1. The number of benzene rings is 4. The molecule has 4 aromatic carbocycles. The molecule has 0 radical (unpaired) electrons. The highest BCUT2D eigenvalue weighted by Crippen LogP contribution is 2.27. The molecule has 0 bridgehead atoms. The van der Waals surface area contributed by atoms with Crippen molar-refractivity contribution in [3.05, 3.63) is 137 Å². The number of nitrogens with zero attached hydrogens (tertiary/aromatic N) is 1. The van der Waals surface area contributed by atoms with Crippen molar-refractivity contribution in [1.82, 2.24) is 4.90 Å². The minimum Gasteiger partial charge on any atom is -0.489 e. The summed E-state index contributed by atoms with van der Waals surface area (Å²) in [6, 6.07) is 37.9. The fraction of sp³-hybridized carbons (Fsp3) is 0.306. The second-order valence-electron chi connectivity index (χ2n) is 10.8. The molecular weight excluding hydrogens is 494 g/mol. The van der Waals surface area contributed by atoms with Gasteiger partial charge in [0.2, 0.25) is 0 Å². The van der Waals surface area contributed by atoms with Crippen molar-refractivity contribution in [2.75, 3.05) is 13.1 Å². The van der Waals surface area contributed by atoms with E-state index >= 15 is 0 Å². The molecule has 0 saturated heterocycles. The molecule has 0 aromatic heterocycles. The van der Waals surface area contributed by atoms with Gasteiger partial charge in [0.1, 0.15) is 11.9 Å². The Morgan fingerprint density at radius 3 is 1.93 bits per heavy atom. The molecule has 0 heterocycles. The van der Waals surface area contributed by atoms with Crippen molar-refractivity contribution in [2.24, 2.45) is 0 Å². The van der Waals surface area contributed by atoms with Gasteiger partial charge in [0.25, 0.3) is 0 Å². The Balaban J connectivity index is 1.60. The van der Waals surface area contributed by atoms with Gasteiger partial charge in [0.05, 0.1) is 6.42 Å². The van der Waals surface area contributed by atoms with Crippen LogP contribution in [-0.2, 0) is 17.8 Å². The average molecular weight is 536 g/mol. The summed E-state index contributed by atoms with van der Waals surface area (Å²) in [5, 5.41) is 9.22. The van der Waals surface area contributed by atoms with Crippen LogP contribution in [0, 0.1) is 0 Å². The van der Waals surface area contributed by atoms with Crippen LogP contribution >= 0.6 is 0 Å². The molecule has 4 aromatic rings. The number of hydrogen-bond acceptors (Lipinski definition) is 3. The van der Waals surface area contributed by atoms with E-state index in [1.807, 2.05) is 24.3 Å². The van der Waals surface area contributed by atoms with Gasteiger partial charge in [-0.2, -0.15) is 0 Å². The van der Waals surface area contributed by atoms with E-state index in [4.69, 9.17) is 4.74 Å². The first-order valence-corrected chi connectivity index (χ1v) is 14.3. The van der Waals surface area contributed by atoms with Crippen LogP contribution in [0.5, 0.6) is 5.75 Å². The Morgan fingerprint density at radius 1 is 0.750 bits per heavy atom. The Hall–Kier alpha value is -3.89. The number of ether oxygens (including phenoxy) is 1. The third-order valence-corrected chi connectivity index (χ3v) is 7.37. The SMILES string of the molecule is CC[C@H](CN(Cc1ccc(C(C)C)cc1)CC(c1ccccc1)c1ccccc1)Oc1cccc(CC(=O)O)c1. The monoisotopic (exact) mass is 535 g/mol. The first kappa shape index (κ1) is 29.1. The molecule has 0 aliphatic carbocycles. The van der Waals surface area contributed by atoms with Crippen LogP contribution in [0.25, 0.3) is 0 Å². The molecule has 0 unspecified atom stereocenters. The number of hydrogen-bond donors (Lipinski definition) is 1. The molecule has 208 valence electrons. The quantitative estimate of drug-likeness (QED) is 0.178. The van der Waals surface area contributed by atoms with Gasteiger partial charge in [-0.1, -0.05) is 118 Å². The lowest BCUT2D eigenvalue weighted by Gasteiger charge is -2.31. The molecule has 4 nitrogen and oxygen atoms in total. The minimum atomic E-state index is -0.841. The highest BCUT2D eigenvalue weighted by molar-refractivity contribution is 5.70. The van der Waals surface area contributed by atoms with Gasteiger partial charge in [-0.3, -0.25) is 9.69 Å². The maximum Gasteiger partial charge on any atom is 0.307 e. The molecule has 1 N–H and O–H groups in total. The smallest absolute Gasteiger partial charge is 0.307 e. The molecule has 0 aliphatic rings. The van der Waals surface area contributed by atoms with Crippen LogP contribution in [0.15, 0.2) is 109 Å². The highest BCUT2D eigenvalue weighted by Gasteiger charge is 2.22. The van der Waals surface area contributed by atoms with Crippen molar-refractivity contribution in [1.29, 1.82) is 0 Å². The third-order valence-electron chi connectivity index (χ3n) is 7.37. The summed E-state index contributed by atoms with van der Waals surface area (Å²) >= 11 is 0. The summed E-state index contributed by atoms with van der Waals surface area (Å²) in [6.45, 7) is 9.00. The van der Waals surface area contributed by atoms with Gasteiger partial charge in [-0.25, -0.2) is 0 Å². The van der Waals surface area contributed by atoms with Gasteiger partial charge in [-0.05, 0) is 52.3 Å². The molecule has 1 atom stereocenters. The average Bonchev–Trinajstić information content (AvgIpc) is 2.96. The van der Waals surface area contributed by atoms with Gasteiger partial charge in [0.15, 0.2) is 0 Å².